The molecule has 5 atom stereocenters. The molecule has 1 saturated heterocycles. The number of ether oxygens (including phenoxy) is 1. The highest BCUT2D eigenvalue weighted by Gasteiger charge is 2.53. The first-order chi connectivity index (χ1) is 11.8. The summed E-state index contributed by atoms with van der Waals surface area (Å²) in [5, 5.41) is 30.0. The zero-order valence-electron chi connectivity index (χ0n) is 12.9. The topological polar surface area (TPSA) is 107 Å². The van der Waals surface area contributed by atoms with E-state index in [9.17, 15) is 24.9 Å². The minimum Gasteiger partial charge on any atom is -0.394 e. The van der Waals surface area contributed by atoms with Crippen molar-refractivity contribution in [2.24, 2.45) is 0 Å². The molecule has 1 aromatic rings. The highest BCUT2D eigenvalue weighted by Crippen LogP contribution is 2.39. The van der Waals surface area contributed by atoms with Gasteiger partial charge in [-0.25, -0.2) is 0 Å². The van der Waals surface area contributed by atoms with Crippen molar-refractivity contribution in [3.63, 3.8) is 0 Å². The van der Waals surface area contributed by atoms with Crippen LogP contribution in [0.25, 0.3) is 0 Å². The third-order valence-electron chi connectivity index (χ3n) is 4.36. The zero-order chi connectivity index (χ0) is 18.5. The van der Waals surface area contributed by atoms with Gasteiger partial charge in [0.15, 0.2) is 0 Å². The molecule has 25 heavy (non-hydrogen) atoms. The maximum atomic E-state index is 12.8. The van der Waals surface area contributed by atoms with Gasteiger partial charge < -0.3 is 20.1 Å². The molecule has 7 nitrogen and oxygen atoms in total. The predicted molar refractivity (Wildman–Crippen MR) is 92.0 cm³/mol. The van der Waals surface area contributed by atoms with E-state index in [4.69, 9.17) is 27.9 Å². The number of carbonyl (C=O) groups is 2. The Hall–Kier alpha value is -0.870. The lowest BCUT2D eigenvalue weighted by atomic mass is 9.97. The number of hydrogen-bond acceptors (Lipinski definition) is 7. The molecular formula is C15H15Cl2NO6S. The van der Waals surface area contributed by atoms with Crippen molar-refractivity contribution < 1.29 is 29.6 Å². The van der Waals surface area contributed by atoms with Gasteiger partial charge in [0.25, 0.3) is 11.8 Å². The summed E-state index contributed by atoms with van der Waals surface area (Å²) >= 11 is 13.1. The molecule has 0 radical (unpaired) electrons. The minimum atomic E-state index is -1.49. The van der Waals surface area contributed by atoms with Crippen molar-refractivity contribution >= 4 is 46.8 Å². The van der Waals surface area contributed by atoms with Crippen LogP contribution in [0.2, 0.25) is 10.0 Å². The fourth-order valence-electron chi connectivity index (χ4n) is 3.09. The Kier molecular flexibility index (Phi) is 5.32. The molecule has 1 fully saturated rings. The molecule has 3 rings (SSSR count). The van der Waals surface area contributed by atoms with Crippen LogP contribution in [0.3, 0.4) is 0 Å². The highest BCUT2D eigenvalue weighted by molar-refractivity contribution is 7.99. The number of fused-ring (bicyclic) bond motifs is 1. The smallest absolute Gasteiger partial charge is 0.263 e. The van der Waals surface area contributed by atoms with Crippen LogP contribution in [0.5, 0.6) is 0 Å². The second-order valence-electron chi connectivity index (χ2n) is 5.70. The van der Waals surface area contributed by atoms with Crippen LogP contribution in [-0.2, 0) is 4.74 Å². The van der Waals surface area contributed by atoms with Crippen molar-refractivity contribution in [1.29, 1.82) is 0 Å². The van der Waals surface area contributed by atoms with Crippen LogP contribution < -0.4 is 0 Å². The largest absolute Gasteiger partial charge is 0.394 e. The van der Waals surface area contributed by atoms with Gasteiger partial charge in [0.2, 0.25) is 0 Å². The van der Waals surface area contributed by atoms with Crippen molar-refractivity contribution in [1.82, 2.24) is 4.90 Å². The average Bonchev–Trinajstić information content (AvgIpc) is 2.84. The van der Waals surface area contributed by atoms with Gasteiger partial charge in [0.05, 0.1) is 27.8 Å². The first-order valence-electron chi connectivity index (χ1n) is 7.34. The number of carbonyl (C=O) groups excluding carboxylic acids is 2. The summed E-state index contributed by atoms with van der Waals surface area (Å²) in [4.78, 5) is 26.4. The lowest BCUT2D eigenvalue weighted by molar-refractivity contribution is -0.181. The number of imide groups is 1. The third kappa shape index (κ3) is 2.86. The van der Waals surface area contributed by atoms with E-state index in [0.717, 1.165) is 16.7 Å². The van der Waals surface area contributed by atoms with E-state index in [1.165, 1.54) is 12.1 Å². The first kappa shape index (κ1) is 18.9. The van der Waals surface area contributed by atoms with Crippen LogP contribution in [0.4, 0.5) is 0 Å². The third-order valence-corrected chi connectivity index (χ3v) is 6.01. The van der Waals surface area contributed by atoms with E-state index in [-0.39, 0.29) is 21.2 Å². The Bertz CT molecular complexity index is 730. The van der Waals surface area contributed by atoms with E-state index < -0.39 is 48.2 Å². The lowest BCUT2D eigenvalue weighted by Crippen LogP contribution is -2.64. The average molecular weight is 408 g/mol. The maximum Gasteiger partial charge on any atom is 0.263 e. The van der Waals surface area contributed by atoms with Gasteiger partial charge in [-0.1, -0.05) is 23.2 Å². The molecule has 3 N–H and O–H groups in total. The van der Waals surface area contributed by atoms with Crippen molar-refractivity contribution in [3.05, 3.63) is 33.3 Å². The molecule has 0 saturated carbocycles. The Morgan fingerprint density at radius 1 is 1.20 bits per heavy atom. The van der Waals surface area contributed by atoms with E-state index in [1.54, 1.807) is 6.26 Å². The number of nitrogens with zero attached hydrogens (tertiary/aromatic N) is 1. The number of benzene rings is 1. The fourth-order valence-corrected chi connectivity index (χ4v) is 4.31. The molecule has 2 aliphatic rings. The number of thioether (sulfide) groups is 1. The van der Waals surface area contributed by atoms with E-state index in [1.807, 2.05) is 0 Å². The van der Waals surface area contributed by atoms with Crippen LogP contribution in [0.15, 0.2) is 12.1 Å². The van der Waals surface area contributed by atoms with Crippen LogP contribution in [-0.4, -0.2) is 74.7 Å². The molecule has 1 aromatic carbocycles. The quantitative estimate of drug-likeness (QED) is 0.634. The molecule has 0 spiro atoms. The van der Waals surface area contributed by atoms with Crippen LogP contribution in [0.1, 0.15) is 20.7 Å². The van der Waals surface area contributed by atoms with Gasteiger partial charge in [-0.15, -0.1) is 11.8 Å². The summed E-state index contributed by atoms with van der Waals surface area (Å²) in [6.45, 7) is -0.508. The van der Waals surface area contributed by atoms with Crippen molar-refractivity contribution in [2.75, 3.05) is 12.9 Å². The minimum absolute atomic E-state index is 0.0370. The van der Waals surface area contributed by atoms with Gasteiger partial charge in [0.1, 0.15) is 29.8 Å². The van der Waals surface area contributed by atoms with E-state index >= 15 is 0 Å². The van der Waals surface area contributed by atoms with Crippen molar-refractivity contribution in [3.8, 4) is 0 Å². The number of halogens is 2. The Morgan fingerprint density at radius 2 is 1.88 bits per heavy atom. The summed E-state index contributed by atoms with van der Waals surface area (Å²) in [5.41, 5.74) is -0.790. The first-order valence-corrected chi connectivity index (χ1v) is 9.39. The molecule has 2 amide bonds. The number of rotatable bonds is 3. The molecule has 0 unspecified atom stereocenters. The van der Waals surface area contributed by atoms with Gasteiger partial charge in [0, 0.05) is 0 Å². The fraction of sp³-hybridized carbons (Fsp3) is 0.467. The molecular weight excluding hydrogens is 393 g/mol. The van der Waals surface area contributed by atoms with Crippen LogP contribution >= 0.6 is 35.0 Å². The SMILES string of the molecule is CS[C@@H]1O[C@H](CO)[C@@H](O)[C@H](O)[C@H]1N1C(=O)c2ccc(Cl)c(Cl)c2C1=O. The number of amides is 2. The predicted octanol–water partition coefficient (Wildman–Crippen LogP) is 0.760. The number of aliphatic hydroxyl groups excluding tert-OH is 3. The monoisotopic (exact) mass is 407 g/mol. The van der Waals surface area contributed by atoms with Gasteiger partial charge in [-0.3, -0.25) is 14.5 Å². The van der Waals surface area contributed by atoms with Crippen molar-refractivity contribution in [2.45, 2.75) is 29.8 Å². The number of hydrogen-bond donors (Lipinski definition) is 3. The molecule has 136 valence electrons. The maximum absolute atomic E-state index is 12.8. The summed E-state index contributed by atoms with van der Waals surface area (Å²) in [7, 11) is 0. The highest BCUT2D eigenvalue weighted by atomic mass is 35.5. The molecule has 2 aliphatic heterocycles. The summed E-state index contributed by atoms with van der Waals surface area (Å²) < 4.78 is 5.54. The molecule has 0 aliphatic carbocycles. The van der Waals surface area contributed by atoms with E-state index in [0.29, 0.717) is 0 Å². The zero-order valence-corrected chi connectivity index (χ0v) is 15.3. The number of aliphatic hydroxyl groups is 3. The Morgan fingerprint density at radius 3 is 2.48 bits per heavy atom. The summed E-state index contributed by atoms with van der Waals surface area (Å²) in [5.74, 6) is -1.37. The lowest BCUT2D eigenvalue weighted by Gasteiger charge is -2.44. The standard InChI is InChI=1S/C15H15Cl2NO6S/c1-25-15-10(12(21)11(20)7(4-19)24-15)18-13(22)5-2-3-6(16)9(17)8(5)14(18)23/h2-3,7,10-12,15,19-21H,4H2,1H3/t7-,10-,11-,12-,15+/m1/s1. The van der Waals surface area contributed by atoms with Gasteiger partial charge >= 0.3 is 0 Å². The van der Waals surface area contributed by atoms with Gasteiger partial charge in [-0.2, -0.15) is 0 Å². The molecule has 2 heterocycles. The Labute approximate surface area is 157 Å². The summed E-state index contributed by atoms with van der Waals surface area (Å²) in [6.07, 6.45) is -2.29. The molecule has 10 heteroatoms. The van der Waals surface area contributed by atoms with Crippen LogP contribution in [0, 0.1) is 0 Å². The normalized spacial score (nSPS) is 32.2. The molecule has 0 aromatic heterocycles. The second-order valence-corrected chi connectivity index (χ2v) is 7.42. The summed E-state index contributed by atoms with van der Waals surface area (Å²) in [6, 6.07) is 1.66. The van der Waals surface area contributed by atoms with Gasteiger partial charge in [-0.05, 0) is 18.4 Å². The second kappa shape index (κ2) is 7.03. The van der Waals surface area contributed by atoms with E-state index in [2.05, 4.69) is 0 Å². The Balaban J connectivity index is 2.03. The molecule has 0 bridgehead atoms.